The van der Waals surface area contributed by atoms with E-state index in [-0.39, 0.29) is 0 Å². The molecule has 1 heterocycles. The Kier molecular flexibility index (Phi) is 4.20. The summed E-state index contributed by atoms with van der Waals surface area (Å²) in [6.07, 6.45) is 2.64. The molecule has 0 saturated heterocycles. The smallest absolute Gasteiger partial charge is 0.133 e. The zero-order chi connectivity index (χ0) is 14.7. The van der Waals surface area contributed by atoms with Crippen LogP contribution in [0.3, 0.4) is 0 Å². The SMILES string of the molecule is CCN(c1ccccc1)c1ccc(CNC2CC2)c(C)n1. The molecule has 3 heteroatoms. The quantitative estimate of drug-likeness (QED) is 0.873. The highest BCUT2D eigenvalue weighted by Crippen LogP contribution is 2.25. The number of hydrogen-bond acceptors (Lipinski definition) is 3. The summed E-state index contributed by atoms with van der Waals surface area (Å²) in [5, 5.41) is 3.55. The third-order valence-corrected chi connectivity index (χ3v) is 4.00. The van der Waals surface area contributed by atoms with Gasteiger partial charge in [-0.2, -0.15) is 0 Å². The molecule has 1 aliphatic rings. The van der Waals surface area contributed by atoms with E-state index < -0.39 is 0 Å². The normalized spacial score (nSPS) is 14.2. The highest BCUT2D eigenvalue weighted by atomic mass is 15.2. The van der Waals surface area contributed by atoms with Crippen molar-refractivity contribution in [3.63, 3.8) is 0 Å². The predicted octanol–water partition coefficient (Wildman–Crippen LogP) is 3.80. The third-order valence-electron chi connectivity index (χ3n) is 4.00. The molecule has 1 fully saturated rings. The number of nitrogens with one attached hydrogen (secondary N) is 1. The zero-order valence-electron chi connectivity index (χ0n) is 12.8. The summed E-state index contributed by atoms with van der Waals surface area (Å²) in [5.41, 5.74) is 3.61. The van der Waals surface area contributed by atoms with Crippen LogP contribution < -0.4 is 10.2 Å². The van der Waals surface area contributed by atoms with Crippen LogP contribution in [0, 0.1) is 6.92 Å². The molecule has 110 valence electrons. The molecule has 0 spiro atoms. The molecule has 1 aromatic carbocycles. The van der Waals surface area contributed by atoms with Gasteiger partial charge in [-0.15, -0.1) is 0 Å². The number of anilines is 2. The minimum Gasteiger partial charge on any atom is -0.327 e. The Morgan fingerprint density at radius 2 is 1.90 bits per heavy atom. The molecule has 3 nitrogen and oxygen atoms in total. The van der Waals surface area contributed by atoms with Gasteiger partial charge in [-0.05, 0) is 50.5 Å². The van der Waals surface area contributed by atoms with Gasteiger partial charge < -0.3 is 10.2 Å². The maximum Gasteiger partial charge on any atom is 0.133 e. The molecule has 21 heavy (non-hydrogen) atoms. The monoisotopic (exact) mass is 281 g/mol. The van der Waals surface area contributed by atoms with Crippen molar-refractivity contribution < 1.29 is 0 Å². The lowest BCUT2D eigenvalue weighted by Crippen LogP contribution is -2.19. The largest absolute Gasteiger partial charge is 0.327 e. The van der Waals surface area contributed by atoms with E-state index in [1.165, 1.54) is 24.1 Å². The van der Waals surface area contributed by atoms with Crippen LogP contribution in [-0.2, 0) is 6.54 Å². The van der Waals surface area contributed by atoms with Gasteiger partial charge in [0.2, 0.25) is 0 Å². The second kappa shape index (κ2) is 6.27. The van der Waals surface area contributed by atoms with Gasteiger partial charge in [0.1, 0.15) is 5.82 Å². The van der Waals surface area contributed by atoms with E-state index >= 15 is 0 Å². The second-order valence-electron chi connectivity index (χ2n) is 5.65. The number of hydrogen-bond donors (Lipinski definition) is 1. The van der Waals surface area contributed by atoms with Gasteiger partial charge in [-0.3, -0.25) is 0 Å². The van der Waals surface area contributed by atoms with Crippen molar-refractivity contribution in [1.29, 1.82) is 0 Å². The fourth-order valence-electron chi connectivity index (χ4n) is 2.54. The molecular formula is C18H23N3. The van der Waals surface area contributed by atoms with E-state index in [0.29, 0.717) is 0 Å². The maximum atomic E-state index is 4.80. The van der Waals surface area contributed by atoms with Crippen LogP contribution in [0.1, 0.15) is 31.0 Å². The lowest BCUT2D eigenvalue weighted by atomic mass is 10.2. The number of rotatable bonds is 6. The first-order valence-corrected chi connectivity index (χ1v) is 7.80. The maximum absolute atomic E-state index is 4.80. The Bertz CT molecular complexity index is 591. The minimum absolute atomic E-state index is 0.737. The summed E-state index contributed by atoms with van der Waals surface area (Å²) in [6.45, 7) is 6.11. The van der Waals surface area contributed by atoms with Gasteiger partial charge >= 0.3 is 0 Å². The van der Waals surface area contributed by atoms with Crippen LogP contribution in [0.25, 0.3) is 0 Å². The summed E-state index contributed by atoms with van der Waals surface area (Å²) in [7, 11) is 0. The van der Waals surface area contributed by atoms with Crippen molar-refractivity contribution in [3.05, 3.63) is 53.7 Å². The van der Waals surface area contributed by atoms with Gasteiger partial charge in [0.05, 0.1) is 0 Å². The first kappa shape index (κ1) is 14.1. The van der Waals surface area contributed by atoms with Crippen molar-refractivity contribution in [2.75, 3.05) is 11.4 Å². The molecule has 0 amide bonds. The van der Waals surface area contributed by atoms with E-state index in [1.807, 2.05) is 6.07 Å². The van der Waals surface area contributed by atoms with Crippen LogP contribution in [-0.4, -0.2) is 17.6 Å². The average molecular weight is 281 g/mol. The molecule has 1 aromatic heterocycles. The number of para-hydroxylation sites is 1. The second-order valence-corrected chi connectivity index (χ2v) is 5.65. The van der Waals surface area contributed by atoms with Crippen LogP contribution >= 0.6 is 0 Å². The van der Waals surface area contributed by atoms with Gasteiger partial charge in [0, 0.05) is 30.5 Å². The highest BCUT2D eigenvalue weighted by molar-refractivity contribution is 5.60. The summed E-state index contributed by atoms with van der Waals surface area (Å²) in [5.74, 6) is 1.02. The zero-order valence-corrected chi connectivity index (χ0v) is 12.8. The molecular weight excluding hydrogens is 258 g/mol. The molecule has 0 bridgehead atoms. The van der Waals surface area contributed by atoms with Crippen molar-refractivity contribution >= 4 is 11.5 Å². The van der Waals surface area contributed by atoms with Gasteiger partial charge in [-0.1, -0.05) is 24.3 Å². The third kappa shape index (κ3) is 3.42. The van der Waals surface area contributed by atoms with E-state index in [4.69, 9.17) is 4.98 Å². The average Bonchev–Trinajstić information content (AvgIpc) is 3.32. The highest BCUT2D eigenvalue weighted by Gasteiger charge is 2.20. The Morgan fingerprint density at radius 1 is 1.14 bits per heavy atom. The summed E-state index contributed by atoms with van der Waals surface area (Å²) < 4.78 is 0. The van der Waals surface area contributed by atoms with Gasteiger partial charge in [0.25, 0.3) is 0 Å². The molecule has 1 aliphatic carbocycles. The molecule has 1 saturated carbocycles. The summed E-state index contributed by atoms with van der Waals surface area (Å²) >= 11 is 0. The van der Waals surface area contributed by atoms with Crippen LogP contribution in [0.5, 0.6) is 0 Å². The Hall–Kier alpha value is -1.87. The molecule has 3 rings (SSSR count). The lowest BCUT2D eigenvalue weighted by molar-refractivity contribution is 0.682. The van der Waals surface area contributed by atoms with E-state index in [9.17, 15) is 0 Å². The van der Waals surface area contributed by atoms with Crippen LogP contribution in [0.4, 0.5) is 11.5 Å². The van der Waals surface area contributed by atoms with Gasteiger partial charge in [-0.25, -0.2) is 4.98 Å². The van der Waals surface area contributed by atoms with Crippen molar-refractivity contribution in [3.8, 4) is 0 Å². The molecule has 1 N–H and O–H groups in total. The van der Waals surface area contributed by atoms with Crippen molar-refractivity contribution in [2.45, 2.75) is 39.3 Å². The minimum atomic E-state index is 0.737. The first-order valence-electron chi connectivity index (χ1n) is 7.80. The van der Waals surface area contributed by atoms with E-state index in [2.05, 4.69) is 60.5 Å². The van der Waals surface area contributed by atoms with E-state index in [1.54, 1.807) is 0 Å². The fraction of sp³-hybridized carbons (Fsp3) is 0.389. The van der Waals surface area contributed by atoms with Crippen LogP contribution in [0.15, 0.2) is 42.5 Å². The lowest BCUT2D eigenvalue weighted by Gasteiger charge is -2.23. The molecule has 0 unspecified atom stereocenters. The topological polar surface area (TPSA) is 28.2 Å². The van der Waals surface area contributed by atoms with Crippen molar-refractivity contribution in [1.82, 2.24) is 10.3 Å². The summed E-state index contributed by atoms with van der Waals surface area (Å²) in [6, 6.07) is 15.5. The predicted molar refractivity (Wildman–Crippen MR) is 88.0 cm³/mol. The van der Waals surface area contributed by atoms with Crippen molar-refractivity contribution in [2.24, 2.45) is 0 Å². The Morgan fingerprint density at radius 3 is 2.52 bits per heavy atom. The van der Waals surface area contributed by atoms with Crippen LogP contribution in [0.2, 0.25) is 0 Å². The van der Waals surface area contributed by atoms with E-state index in [0.717, 1.165) is 30.6 Å². The number of aryl methyl sites for hydroxylation is 1. The summed E-state index contributed by atoms with van der Waals surface area (Å²) in [4.78, 5) is 7.05. The molecule has 0 radical (unpaired) electrons. The molecule has 0 aliphatic heterocycles. The number of benzene rings is 1. The Balaban J connectivity index is 1.79. The van der Waals surface area contributed by atoms with Gasteiger partial charge in [0.15, 0.2) is 0 Å². The standard InChI is InChI=1S/C18H23N3/c1-3-21(17-7-5-4-6-8-17)18-12-9-15(14(2)20-18)13-19-16-10-11-16/h4-9,12,16,19H,3,10-11,13H2,1-2H3. The number of aromatic nitrogens is 1. The Labute approximate surface area is 127 Å². The fourth-order valence-corrected chi connectivity index (χ4v) is 2.54. The number of pyridine rings is 1. The first-order chi connectivity index (χ1) is 10.3. The number of nitrogens with zero attached hydrogens (tertiary/aromatic N) is 2. The molecule has 2 aromatic rings. The molecule has 0 atom stereocenters.